The van der Waals surface area contributed by atoms with Crippen LogP contribution in [0.4, 0.5) is 0 Å². The van der Waals surface area contributed by atoms with E-state index in [0.29, 0.717) is 11.4 Å². The quantitative estimate of drug-likeness (QED) is 0.875. The standard InChI is InChI=1S/C14H13NO3/c16-14(17)12(13-8-4-5-9-15-13)10-18-11-6-2-1-3-7-11/h1-9,12H,10H2,(H,16,17). The van der Waals surface area contributed by atoms with Crippen molar-refractivity contribution in [3.05, 3.63) is 60.4 Å². The third-order valence-electron chi connectivity index (χ3n) is 2.50. The minimum Gasteiger partial charge on any atom is -0.492 e. The molecule has 0 amide bonds. The highest BCUT2D eigenvalue weighted by molar-refractivity contribution is 5.75. The zero-order valence-electron chi connectivity index (χ0n) is 9.69. The molecule has 0 aliphatic heterocycles. The first-order valence-electron chi connectivity index (χ1n) is 5.59. The van der Waals surface area contributed by atoms with E-state index in [1.165, 1.54) is 0 Å². The van der Waals surface area contributed by atoms with Gasteiger partial charge in [0.1, 0.15) is 18.3 Å². The van der Waals surface area contributed by atoms with Crippen LogP contribution in [0.3, 0.4) is 0 Å². The van der Waals surface area contributed by atoms with Crippen molar-refractivity contribution in [2.45, 2.75) is 5.92 Å². The number of rotatable bonds is 5. The first-order valence-corrected chi connectivity index (χ1v) is 5.59. The Bertz CT molecular complexity index is 499. The van der Waals surface area contributed by atoms with Gasteiger partial charge in [-0.3, -0.25) is 9.78 Å². The predicted octanol–water partition coefficient (Wildman–Crippen LogP) is 2.33. The number of carboxylic acid groups (broad SMARTS) is 1. The van der Waals surface area contributed by atoms with Gasteiger partial charge in [-0.15, -0.1) is 0 Å². The third kappa shape index (κ3) is 3.07. The van der Waals surface area contributed by atoms with Crippen LogP contribution in [0.2, 0.25) is 0 Å². The fourth-order valence-corrected chi connectivity index (χ4v) is 1.56. The van der Waals surface area contributed by atoms with Gasteiger partial charge in [0.15, 0.2) is 0 Å². The number of hydrogen-bond donors (Lipinski definition) is 1. The zero-order valence-corrected chi connectivity index (χ0v) is 9.69. The Morgan fingerprint density at radius 2 is 1.89 bits per heavy atom. The number of hydrogen-bond acceptors (Lipinski definition) is 3. The van der Waals surface area contributed by atoms with E-state index in [-0.39, 0.29) is 6.61 Å². The second-order valence-electron chi connectivity index (χ2n) is 3.77. The van der Waals surface area contributed by atoms with Crippen molar-refractivity contribution in [3.63, 3.8) is 0 Å². The lowest BCUT2D eigenvalue weighted by Crippen LogP contribution is -2.20. The summed E-state index contributed by atoms with van der Waals surface area (Å²) in [5, 5.41) is 9.18. The molecule has 0 spiro atoms. The second kappa shape index (κ2) is 5.82. The molecule has 2 aromatic rings. The van der Waals surface area contributed by atoms with Crippen molar-refractivity contribution in [1.29, 1.82) is 0 Å². The molecule has 18 heavy (non-hydrogen) atoms. The molecule has 1 aromatic heterocycles. The van der Waals surface area contributed by atoms with Crippen molar-refractivity contribution in [3.8, 4) is 5.75 Å². The lowest BCUT2D eigenvalue weighted by atomic mass is 10.1. The average molecular weight is 243 g/mol. The minimum atomic E-state index is -0.940. The van der Waals surface area contributed by atoms with Crippen LogP contribution in [0.15, 0.2) is 54.7 Å². The number of carbonyl (C=O) groups is 1. The monoisotopic (exact) mass is 243 g/mol. The van der Waals surface area contributed by atoms with Crippen molar-refractivity contribution >= 4 is 5.97 Å². The summed E-state index contributed by atoms with van der Waals surface area (Å²) < 4.78 is 5.46. The molecule has 0 saturated heterocycles. The maximum absolute atomic E-state index is 11.2. The van der Waals surface area contributed by atoms with E-state index in [9.17, 15) is 9.90 Å². The number of aromatic nitrogens is 1. The van der Waals surface area contributed by atoms with Gasteiger partial charge in [-0.1, -0.05) is 24.3 Å². The number of nitrogens with zero attached hydrogens (tertiary/aromatic N) is 1. The Balaban J connectivity index is 2.06. The number of benzene rings is 1. The largest absolute Gasteiger partial charge is 0.492 e. The number of aliphatic carboxylic acids is 1. The minimum absolute atomic E-state index is 0.0658. The summed E-state index contributed by atoms with van der Waals surface area (Å²) in [5.74, 6) is -1.05. The lowest BCUT2D eigenvalue weighted by Gasteiger charge is -2.13. The fourth-order valence-electron chi connectivity index (χ4n) is 1.56. The molecule has 0 aliphatic rings. The summed E-state index contributed by atoms with van der Waals surface area (Å²) in [6, 6.07) is 14.3. The topological polar surface area (TPSA) is 59.4 Å². The maximum atomic E-state index is 11.2. The predicted molar refractivity (Wildman–Crippen MR) is 66.6 cm³/mol. The Morgan fingerprint density at radius 3 is 2.50 bits per heavy atom. The highest BCUT2D eigenvalue weighted by Crippen LogP contribution is 2.16. The van der Waals surface area contributed by atoms with Crippen molar-refractivity contribution in [2.75, 3.05) is 6.61 Å². The van der Waals surface area contributed by atoms with Crippen LogP contribution in [-0.4, -0.2) is 22.7 Å². The molecule has 4 nitrogen and oxygen atoms in total. The molecule has 92 valence electrons. The van der Waals surface area contributed by atoms with E-state index in [1.54, 1.807) is 36.5 Å². The van der Waals surface area contributed by atoms with E-state index in [1.807, 2.05) is 18.2 Å². The molecule has 0 bridgehead atoms. The Morgan fingerprint density at radius 1 is 1.17 bits per heavy atom. The second-order valence-corrected chi connectivity index (χ2v) is 3.77. The summed E-state index contributed by atoms with van der Waals surface area (Å²) in [7, 11) is 0. The van der Waals surface area contributed by atoms with E-state index in [0.717, 1.165) is 0 Å². The van der Waals surface area contributed by atoms with E-state index >= 15 is 0 Å². The Kier molecular flexibility index (Phi) is 3.91. The number of para-hydroxylation sites is 1. The molecular weight excluding hydrogens is 230 g/mol. The molecule has 1 heterocycles. The molecular formula is C14H13NO3. The van der Waals surface area contributed by atoms with E-state index in [2.05, 4.69) is 4.98 Å². The van der Waals surface area contributed by atoms with Gasteiger partial charge >= 0.3 is 5.97 Å². The molecule has 1 aromatic carbocycles. The van der Waals surface area contributed by atoms with Gasteiger partial charge in [-0.25, -0.2) is 0 Å². The fraction of sp³-hybridized carbons (Fsp3) is 0.143. The molecule has 1 atom stereocenters. The van der Waals surface area contributed by atoms with Crippen molar-refractivity contribution in [1.82, 2.24) is 4.98 Å². The summed E-state index contributed by atoms with van der Waals surface area (Å²) in [6.45, 7) is 0.0658. The number of pyridine rings is 1. The van der Waals surface area contributed by atoms with Crippen LogP contribution in [0, 0.1) is 0 Å². The highest BCUT2D eigenvalue weighted by Gasteiger charge is 2.21. The van der Waals surface area contributed by atoms with Crippen molar-refractivity contribution < 1.29 is 14.6 Å². The number of ether oxygens (including phenoxy) is 1. The normalized spacial score (nSPS) is 11.8. The van der Waals surface area contributed by atoms with Gasteiger partial charge in [0, 0.05) is 6.20 Å². The van der Waals surface area contributed by atoms with Gasteiger partial charge in [-0.05, 0) is 24.3 Å². The summed E-state index contributed by atoms with van der Waals surface area (Å²) in [5.41, 5.74) is 0.501. The van der Waals surface area contributed by atoms with Gasteiger partial charge in [0.05, 0.1) is 5.69 Å². The van der Waals surface area contributed by atoms with Crippen LogP contribution >= 0.6 is 0 Å². The van der Waals surface area contributed by atoms with E-state index < -0.39 is 11.9 Å². The van der Waals surface area contributed by atoms with Gasteiger partial charge in [0.25, 0.3) is 0 Å². The number of carboxylic acids is 1. The first-order chi connectivity index (χ1) is 8.77. The van der Waals surface area contributed by atoms with Crippen LogP contribution in [0.25, 0.3) is 0 Å². The van der Waals surface area contributed by atoms with Gasteiger partial charge < -0.3 is 9.84 Å². The molecule has 1 unspecified atom stereocenters. The van der Waals surface area contributed by atoms with Crippen LogP contribution in [0.5, 0.6) is 5.75 Å². The molecule has 0 saturated carbocycles. The first kappa shape index (κ1) is 12.1. The van der Waals surface area contributed by atoms with Crippen LogP contribution in [-0.2, 0) is 4.79 Å². The summed E-state index contributed by atoms with van der Waals surface area (Å²) >= 11 is 0. The molecule has 0 fully saturated rings. The maximum Gasteiger partial charge on any atom is 0.316 e. The van der Waals surface area contributed by atoms with Crippen LogP contribution in [0.1, 0.15) is 11.6 Å². The molecule has 0 radical (unpaired) electrons. The third-order valence-corrected chi connectivity index (χ3v) is 2.50. The summed E-state index contributed by atoms with van der Waals surface area (Å²) in [4.78, 5) is 15.3. The lowest BCUT2D eigenvalue weighted by molar-refractivity contribution is -0.139. The average Bonchev–Trinajstić information content (AvgIpc) is 2.41. The zero-order chi connectivity index (χ0) is 12.8. The SMILES string of the molecule is O=C(O)C(COc1ccccc1)c1ccccn1. The van der Waals surface area contributed by atoms with Crippen molar-refractivity contribution in [2.24, 2.45) is 0 Å². The molecule has 0 aliphatic carbocycles. The van der Waals surface area contributed by atoms with E-state index in [4.69, 9.17) is 4.74 Å². The van der Waals surface area contributed by atoms with Gasteiger partial charge in [-0.2, -0.15) is 0 Å². The summed E-state index contributed by atoms with van der Waals surface area (Å²) in [6.07, 6.45) is 1.58. The van der Waals surface area contributed by atoms with Gasteiger partial charge in [0.2, 0.25) is 0 Å². The Labute approximate surface area is 105 Å². The highest BCUT2D eigenvalue weighted by atomic mass is 16.5. The van der Waals surface area contributed by atoms with Crippen LogP contribution < -0.4 is 4.74 Å². The molecule has 4 heteroatoms. The Hall–Kier alpha value is -2.36. The molecule has 1 N–H and O–H groups in total. The molecule has 2 rings (SSSR count). The smallest absolute Gasteiger partial charge is 0.316 e.